The number of amides is 2. The van der Waals surface area contributed by atoms with Gasteiger partial charge in [0.2, 0.25) is 5.91 Å². The smallest absolute Gasteiger partial charge is 0.258 e. The lowest BCUT2D eigenvalue weighted by atomic mass is 9.89. The molecule has 3 aromatic carbocycles. The van der Waals surface area contributed by atoms with Crippen molar-refractivity contribution >= 4 is 40.6 Å². The summed E-state index contributed by atoms with van der Waals surface area (Å²) in [6.45, 7) is 5.58. The molecule has 1 heterocycles. The van der Waals surface area contributed by atoms with Crippen LogP contribution in [0.2, 0.25) is 5.02 Å². The maximum atomic E-state index is 13.7. The van der Waals surface area contributed by atoms with Gasteiger partial charge in [-0.2, -0.15) is 0 Å². The normalized spacial score (nSPS) is 16.6. The summed E-state index contributed by atoms with van der Waals surface area (Å²) in [5.41, 5.74) is 3.03. The molecule has 1 aliphatic heterocycles. The Hall–Kier alpha value is -3.64. The molecule has 2 amide bonds. The maximum absolute atomic E-state index is 13.7. The minimum absolute atomic E-state index is 0.0759. The first-order valence-electron chi connectivity index (χ1n) is 12.5. The number of carbonyl (C=O) groups excluding carboxylic acids is 3. The van der Waals surface area contributed by atoms with Crippen LogP contribution in [0.4, 0.5) is 11.4 Å². The van der Waals surface area contributed by atoms with E-state index in [2.05, 4.69) is 0 Å². The van der Waals surface area contributed by atoms with Gasteiger partial charge in [-0.1, -0.05) is 29.8 Å². The molecular formula is C30H31ClN2O4. The molecular weight excluding hydrogens is 488 g/mol. The Bertz CT molecular complexity index is 1270. The zero-order valence-electron chi connectivity index (χ0n) is 21.3. The number of halogens is 1. The third-order valence-corrected chi connectivity index (χ3v) is 6.83. The van der Waals surface area contributed by atoms with E-state index >= 15 is 0 Å². The summed E-state index contributed by atoms with van der Waals surface area (Å²) in [6.07, 6.45) is 1.73. The second-order valence-electron chi connectivity index (χ2n) is 9.38. The second kappa shape index (κ2) is 11.6. The monoisotopic (exact) mass is 518 g/mol. The highest BCUT2D eigenvalue weighted by atomic mass is 35.5. The number of rotatable bonds is 8. The van der Waals surface area contributed by atoms with Crippen molar-refractivity contribution in [1.82, 2.24) is 0 Å². The van der Waals surface area contributed by atoms with Crippen molar-refractivity contribution in [1.29, 1.82) is 0 Å². The van der Waals surface area contributed by atoms with Crippen molar-refractivity contribution in [3.05, 3.63) is 88.9 Å². The molecule has 2 atom stereocenters. The predicted octanol–water partition coefficient (Wildman–Crippen LogP) is 6.62. The van der Waals surface area contributed by atoms with Gasteiger partial charge < -0.3 is 19.3 Å². The van der Waals surface area contributed by atoms with E-state index in [1.807, 2.05) is 48.2 Å². The van der Waals surface area contributed by atoms with Crippen molar-refractivity contribution in [2.24, 2.45) is 0 Å². The van der Waals surface area contributed by atoms with Gasteiger partial charge in [-0.05, 0) is 86.8 Å². The number of para-hydroxylation sites is 1. The van der Waals surface area contributed by atoms with Gasteiger partial charge in [0.25, 0.3) is 5.91 Å². The number of Topliss-reactive ketones (excluding diaryl/α,β-unsaturated/α-hetero) is 1. The van der Waals surface area contributed by atoms with Gasteiger partial charge in [0.1, 0.15) is 11.5 Å². The molecule has 0 saturated heterocycles. The number of hydrogen-bond acceptors (Lipinski definition) is 4. The molecule has 0 spiro atoms. The first-order chi connectivity index (χ1) is 17.8. The standard InChI is InChI=1S/C30H31ClN2O4/c1-20-19-29(33(22(3)35)25-14-12-24(31)13-15-25)27-8-4-5-9-28(27)32(20)30(36)23-10-16-26(17-11-23)37-18-6-7-21(2)34/h4-5,8-17,20,29H,6-7,18-19H2,1-3H3. The van der Waals surface area contributed by atoms with Crippen LogP contribution >= 0.6 is 11.6 Å². The highest BCUT2D eigenvalue weighted by molar-refractivity contribution is 6.30. The van der Waals surface area contributed by atoms with Crippen LogP contribution in [0.5, 0.6) is 5.75 Å². The van der Waals surface area contributed by atoms with Gasteiger partial charge >= 0.3 is 0 Å². The van der Waals surface area contributed by atoms with Gasteiger partial charge in [-0.25, -0.2) is 0 Å². The number of nitrogens with zero attached hydrogens (tertiary/aromatic N) is 2. The first kappa shape index (κ1) is 26.4. The summed E-state index contributed by atoms with van der Waals surface area (Å²) in [6, 6.07) is 21.7. The molecule has 0 aromatic heterocycles. The Morgan fingerprint density at radius 1 is 0.973 bits per heavy atom. The molecule has 0 N–H and O–H groups in total. The van der Waals surface area contributed by atoms with Gasteiger partial charge in [0, 0.05) is 41.3 Å². The van der Waals surface area contributed by atoms with E-state index < -0.39 is 0 Å². The molecule has 37 heavy (non-hydrogen) atoms. The van der Waals surface area contributed by atoms with E-state index in [1.165, 1.54) is 0 Å². The number of hydrogen-bond donors (Lipinski definition) is 0. The topological polar surface area (TPSA) is 66.9 Å². The van der Waals surface area contributed by atoms with Crippen molar-refractivity contribution in [3.63, 3.8) is 0 Å². The highest BCUT2D eigenvalue weighted by Crippen LogP contribution is 2.43. The fraction of sp³-hybridized carbons (Fsp3) is 0.300. The Labute approximate surface area is 222 Å². The Morgan fingerprint density at radius 2 is 1.65 bits per heavy atom. The van der Waals surface area contributed by atoms with Crippen molar-refractivity contribution in [2.75, 3.05) is 16.4 Å². The Balaban J connectivity index is 1.59. The number of carbonyl (C=O) groups is 3. The Kier molecular flexibility index (Phi) is 8.29. The van der Waals surface area contributed by atoms with E-state index in [1.54, 1.807) is 55.1 Å². The molecule has 0 fully saturated rings. The largest absolute Gasteiger partial charge is 0.494 e. The minimum atomic E-state index is -0.222. The molecule has 192 valence electrons. The van der Waals surface area contributed by atoms with Crippen LogP contribution in [-0.2, 0) is 9.59 Å². The first-order valence-corrected chi connectivity index (χ1v) is 12.8. The van der Waals surface area contributed by atoms with E-state index in [0.29, 0.717) is 42.2 Å². The van der Waals surface area contributed by atoms with Crippen LogP contribution in [0.1, 0.15) is 62.0 Å². The van der Waals surface area contributed by atoms with Crippen molar-refractivity contribution in [3.8, 4) is 5.75 Å². The fourth-order valence-corrected chi connectivity index (χ4v) is 4.99. The quantitative estimate of drug-likeness (QED) is 0.314. The molecule has 0 aliphatic carbocycles. The maximum Gasteiger partial charge on any atom is 0.258 e. The highest BCUT2D eigenvalue weighted by Gasteiger charge is 2.38. The minimum Gasteiger partial charge on any atom is -0.494 e. The van der Waals surface area contributed by atoms with Gasteiger partial charge in [0.05, 0.1) is 12.6 Å². The summed E-state index contributed by atoms with van der Waals surface area (Å²) < 4.78 is 5.70. The molecule has 0 radical (unpaired) electrons. The van der Waals surface area contributed by atoms with E-state index in [9.17, 15) is 14.4 Å². The molecule has 0 bridgehead atoms. The van der Waals surface area contributed by atoms with Crippen LogP contribution in [-0.4, -0.2) is 30.2 Å². The zero-order valence-corrected chi connectivity index (χ0v) is 22.1. The molecule has 0 saturated carbocycles. The van der Waals surface area contributed by atoms with Crippen molar-refractivity contribution < 1.29 is 19.1 Å². The SMILES string of the molecule is CC(=O)CCCOc1ccc(C(=O)N2c3ccccc3C(N(C(C)=O)c3ccc(Cl)cc3)CC2C)cc1. The summed E-state index contributed by atoms with van der Waals surface area (Å²) in [7, 11) is 0. The zero-order chi connectivity index (χ0) is 26.5. The lowest BCUT2D eigenvalue weighted by molar-refractivity contribution is -0.118. The van der Waals surface area contributed by atoms with Crippen LogP contribution in [0.15, 0.2) is 72.8 Å². The summed E-state index contributed by atoms with van der Waals surface area (Å²) in [5, 5.41) is 0.605. The van der Waals surface area contributed by atoms with Crippen LogP contribution in [0, 0.1) is 0 Å². The lowest BCUT2D eigenvalue weighted by Crippen LogP contribution is -2.47. The number of anilines is 2. The van der Waals surface area contributed by atoms with Gasteiger partial charge in [-0.3, -0.25) is 9.59 Å². The van der Waals surface area contributed by atoms with E-state index in [0.717, 1.165) is 16.9 Å². The number of benzene rings is 3. The van der Waals surface area contributed by atoms with Crippen molar-refractivity contribution in [2.45, 2.75) is 52.1 Å². The average molecular weight is 519 g/mol. The predicted molar refractivity (Wildman–Crippen MR) is 147 cm³/mol. The van der Waals surface area contributed by atoms with E-state index in [-0.39, 0.29) is 29.7 Å². The Morgan fingerprint density at radius 3 is 2.30 bits per heavy atom. The molecule has 1 aliphatic rings. The van der Waals surface area contributed by atoms with Gasteiger partial charge in [-0.15, -0.1) is 0 Å². The number of ether oxygens (including phenoxy) is 1. The van der Waals surface area contributed by atoms with E-state index in [4.69, 9.17) is 16.3 Å². The van der Waals surface area contributed by atoms with Crippen LogP contribution < -0.4 is 14.5 Å². The van der Waals surface area contributed by atoms with Crippen LogP contribution in [0.25, 0.3) is 0 Å². The molecule has 3 aromatic rings. The average Bonchev–Trinajstić information content (AvgIpc) is 2.88. The van der Waals surface area contributed by atoms with Gasteiger partial charge in [0.15, 0.2) is 0 Å². The third-order valence-electron chi connectivity index (χ3n) is 6.58. The molecule has 6 nitrogen and oxygen atoms in total. The fourth-order valence-electron chi connectivity index (χ4n) is 4.86. The summed E-state index contributed by atoms with van der Waals surface area (Å²) >= 11 is 6.08. The second-order valence-corrected chi connectivity index (χ2v) is 9.81. The number of ketones is 1. The summed E-state index contributed by atoms with van der Waals surface area (Å²) in [5.74, 6) is 0.616. The third kappa shape index (κ3) is 6.03. The van der Waals surface area contributed by atoms with Crippen LogP contribution in [0.3, 0.4) is 0 Å². The molecule has 4 rings (SSSR count). The summed E-state index contributed by atoms with van der Waals surface area (Å²) in [4.78, 5) is 41.2. The molecule has 7 heteroatoms. The number of fused-ring (bicyclic) bond motifs is 1. The lowest BCUT2D eigenvalue weighted by Gasteiger charge is -2.43. The molecule has 2 unspecified atom stereocenters.